The van der Waals surface area contributed by atoms with Gasteiger partial charge in [0, 0.05) is 34.8 Å². The molecule has 0 radical (unpaired) electrons. The van der Waals surface area contributed by atoms with Crippen molar-refractivity contribution in [2.45, 2.75) is 30.8 Å². The number of sulfonamides is 1. The first kappa shape index (κ1) is 21.9. The molecule has 7 nitrogen and oxygen atoms in total. The van der Waals surface area contributed by atoms with E-state index in [0.717, 1.165) is 11.3 Å². The third-order valence-corrected chi connectivity index (χ3v) is 6.43. The lowest BCUT2D eigenvalue weighted by atomic mass is 9.93. The molecule has 10 heteroatoms. The van der Waals surface area contributed by atoms with E-state index < -0.39 is 21.4 Å². The SMILES string of the molecule is CC(C)(N)c1cc(CNC(=O)c2ccc(S(=O)(=O)Nc3nccs3)cc2)ccc1F. The van der Waals surface area contributed by atoms with Crippen LogP contribution in [0, 0.1) is 5.82 Å². The van der Waals surface area contributed by atoms with Gasteiger partial charge in [-0.15, -0.1) is 11.3 Å². The summed E-state index contributed by atoms with van der Waals surface area (Å²) in [5.41, 5.74) is 6.48. The van der Waals surface area contributed by atoms with Gasteiger partial charge in [0.2, 0.25) is 0 Å². The molecule has 0 aliphatic heterocycles. The van der Waals surface area contributed by atoms with Gasteiger partial charge in [0.15, 0.2) is 5.13 Å². The highest BCUT2D eigenvalue weighted by atomic mass is 32.2. The fourth-order valence-electron chi connectivity index (χ4n) is 2.69. The van der Waals surface area contributed by atoms with Gasteiger partial charge in [-0.05, 0) is 55.8 Å². The second-order valence-electron chi connectivity index (χ2n) is 7.19. The molecule has 0 bridgehead atoms. The van der Waals surface area contributed by atoms with E-state index in [0.29, 0.717) is 16.7 Å². The Kier molecular flexibility index (Phi) is 6.20. The van der Waals surface area contributed by atoms with Crippen LogP contribution in [0.25, 0.3) is 0 Å². The summed E-state index contributed by atoms with van der Waals surface area (Å²) in [7, 11) is -3.78. The Morgan fingerprint density at radius 2 is 1.90 bits per heavy atom. The number of carbonyl (C=O) groups excluding carboxylic acids is 1. The minimum Gasteiger partial charge on any atom is -0.348 e. The van der Waals surface area contributed by atoms with Crippen LogP contribution in [-0.4, -0.2) is 19.3 Å². The van der Waals surface area contributed by atoms with Crippen LogP contribution in [0.4, 0.5) is 9.52 Å². The van der Waals surface area contributed by atoms with E-state index in [9.17, 15) is 17.6 Å². The number of amides is 1. The van der Waals surface area contributed by atoms with Gasteiger partial charge in [-0.1, -0.05) is 6.07 Å². The predicted octanol–water partition coefficient (Wildman–Crippen LogP) is 3.21. The molecular formula is C20H21FN4O3S2. The van der Waals surface area contributed by atoms with E-state index in [1.165, 1.54) is 36.5 Å². The van der Waals surface area contributed by atoms with Crippen molar-refractivity contribution < 1.29 is 17.6 Å². The number of thiazole rings is 1. The van der Waals surface area contributed by atoms with E-state index in [1.807, 2.05) is 0 Å². The van der Waals surface area contributed by atoms with Gasteiger partial charge in [0.05, 0.1) is 4.90 Å². The molecule has 1 aromatic heterocycles. The molecule has 0 aliphatic rings. The Morgan fingerprint density at radius 3 is 2.50 bits per heavy atom. The molecule has 0 saturated heterocycles. The fraction of sp³-hybridized carbons (Fsp3) is 0.200. The van der Waals surface area contributed by atoms with E-state index >= 15 is 0 Å². The fourth-order valence-corrected chi connectivity index (χ4v) is 4.48. The third-order valence-electron chi connectivity index (χ3n) is 4.26. The first-order valence-corrected chi connectivity index (χ1v) is 11.3. The highest BCUT2D eigenvalue weighted by molar-refractivity contribution is 7.93. The normalized spacial score (nSPS) is 11.9. The number of nitrogens with zero attached hydrogens (tertiary/aromatic N) is 1. The summed E-state index contributed by atoms with van der Waals surface area (Å²) in [6.07, 6.45) is 1.49. The van der Waals surface area contributed by atoms with Crippen LogP contribution < -0.4 is 15.8 Å². The van der Waals surface area contributed by atoms with E-state index in [2.05, 4.69) is 15.0 Å². The number of benzene rings is 2. The Balaban J connectivity index is 1.67. The van der Waals surface area contributed by atoms with Crippen LogP contribution in [0.5, 0.6) is 0 Å². The van der Waals surface area contributed by atoms with Crippen LogP contribution >= 0.6 is 11.3 Å². The maximum Gasteiger partial charge on any atom is 0.263 e. The number of nitrogens with one attached hydrogen (secondary N) is 2. The minimum absolute atomic E-state index is 0.0163. The predicted molar refractivity (Wildman–Crippen MR) is 114 cm³/mol. The van der Waals surface area contributed by atoms with Crippen molar-refractivity contribution in [3.63, 3.8) is 0 Å². The highest BCUT2D eigenvalue weighted by Gasteiger charge is 2.20. The molecule has 0 unspecified atom stereocenters. The number of rotatable bonds is 7. The molecule has 4 N–H and O–H groups in total. The number of halogens is 1. The molecule has 3 aromatic rings. The van der Waals surface area contributed by atoms with Crippen LogP contribution in [-0.2, 0) is 22.1 Å². The van der Waals surface area contributed by atoms with Crippen molar-refractivity contribution in [2.24, 2.45) is 5.73 Å². The molecule has 0 fully saturated rings. The number of hydrogen-bond acceptors (Lipinski definition) is 6. The molecule has 1 heterocycles. The Labute approximate surface area is 178 Å². The lowest BCUT2D eigenvalue weighted by Crippen LogP contribution is -2.30. The van der Waals surface area contributed by atoms with Gasteiger partial charge in [-0.2, -0.15) is 0 Å². The highest BCUT2D eigenvalue weighted by Crippen LogP contribution is 2.22. The monoisotopic (exact) mass is 448 g/mol. The van der Waals surface area contributed by atoms with Crippen LogP contribution in [0.1, 0.15) is 35.3 Å². The number of hydrogen-bond donors (Lipinski definition) is 3. The summed E-state index contributed by atoms with van der Waals surface area (Å²) >= 11 is 1.16. The first-order valence-electron chi connectivity index (χ1n) is 8.94. The zero-order chi connectivity index (χ0) is 21.9. The summed E-state index contributed by atoms with van der Waals surface area (Å²) in [5, 5.41) is 4.65. The van der Waals surface area contributed by atoms with Crippen molar-refractivity contribution in [3.05, 3.63) is 76.5 Å². The molecule has 2 aromatic carbocycles. The van der Waals surface area contributed by atoms with Crippen LogP contribution in [0.15, 0.2) is 58.9 Å². The summed E-state index contributed by atoms with van der Waals surface area (Å²) in [4.78, 5) is 16.3. The quantitative estimate of drug-likeness (QED) is 0.514. The van der Waals surface area contributed by atoms with Crippen molar-refractivity contribution in [3.8, 4) is 0 Å². The number of nitrogens with two attached hydrogens (primary N) is 1. The molecule has 1 amide bonds. The van der Waals surface area contributed by atoms with Crippen LogP contribution in [0.2, 0.25) is 0 Å². The zero-order valence-corrected chi connectivity index (χ0v) is 18.0. The number of anilines is 1. The van der Waals surface area contributed by atoms with Gasteiger partial charge >= 0.3 is 0 Å². The maximum absolute atomic E-state index is 14.0. The molecule has 0 spiro atoms. The largest absolute Gasteiger partial charge is 0.348 e. The molecular weight excluding hydrogens is 427 g/mol. The lowest BCUT2D eigenvalue weighted by molar-refractivity contribution is 0.0951. The van der Waals surface area contributed by atoms with Crippen molar-refractivity contribution in [2.75, 3.05) is 4.72 Å². The summed E-state index contributed by atoms with van der Waals surface area (Å²) in [6.45, 7) is 3.58. The standard InChI is InChI=1S/C20H21FN4O3S2/c1-20(2,22)16-11-13(3-8-17(16)21)12-24-18(26)14-4-6-15(7-5-14)30(27,28)25-19-23-9-10-29-19/h3-11H,12,22H2,1-2H3,(H,23,25)(H,24,26). The average molecular weight is 449 g/mol. The van der Waals surface area contributed by atoms with Gasteiger partial charge in [-0.25, -0.2) is 17.8 Å². The van der Waals surface area contributed by atoms with Gasteiger partial charge in [-0.3, -0.25) is 9.52 Å². The third kappa shape index (κ3) is 5.21. The molecule has 3 rings (SSSR count). The van der Waals surface area contributed by atoms with Crippen LogP contribution in [0.3, 0.4) is 0 Å². The Bertz CT molecular complexity index is 1140. The zero-order valence-electron chi connectivity index (χ0n) is 16.3. The van der Waals surface area contributed by atoms with E-state index in [4.69, 9.17) is 5.73 Å². The van der Waals surface area contributed by atoms with Gasteiger partial charge < -0.3 is 11.1 Å². The van der Waals surface area contributed by atoms with Crippen molar-refractivity contribution in [1.29, 1.82) is 0 Å². The smallest absolute Gasteiger partial charge is 0.263 e. The summed E-state index contributed by atoms with van der Waals surface area (Å²) in [5.74, 6) is -0.787. The van der Waals surface area contributed by atoms with Gasteiger partial charge in [0.25, 0.3) is 15.9 Å². The Morgan fingerprint density at radius 1 is 1.20 bits per heavy atom. The second kappa shape index (κ2) is 8.50. The first-order chi connectivity index (χ1) is 14.1. The van der Waals surface area contributed by atoms with Crippen molar-refractivity contribution in [1.82, 2.24) is 10.3 Å². The topological polar surface area (TPSA) is 114 Å². The molecule has 0 aliphatic carbocycles. The second-order valence-corrected chi connectivity index (χ2v) is 9.76. The van der Waals surface area contributed by atoms with E-state index in [-0.39, 0.29) is 22.5 Å². The summed E-state index contributed by atoms with van der Waals surface area (Å²) in [6, 6.07) is 10.0. The lowest BCUT2D eigenvalue weighted by Gasteiger charge is -2.20. The Hall–Kier alpha value is -2.82. The number of aromatic nitrogens is 1. The minimum atomic E-state index is -3.78. The molecule has 0 saturated carbocycles. The molecule has 0 atom stereocenters. The average Bonchev–Trinajstić information content (AvgIpc) is 3.18. The number of carbonyl (C=O) groups is 1. The van der Waals surface area contributed by atoms with Gasteiger partial charge in [0.1, 0.15) is 5.82 Å². The summed E-state index contributed by atoms with van der Waals surface area (Å²) < 4.78 is 41.0. The molecule has 158 valence electrons. The van der Waals surface area contributed by atoms with Crippen molar-refractivity contribution >= 4 is 32.4 Å². The molecule has 30 heavy (non-hydrogen) atoms. The van der Waals surface area contributed by atoms with E-state index in [1.54, 1.807) is 31.4 Å². The maximum atomic E-state index is 14.0.